The van der Waals surface area contributed by atoms with E-state index in [0.717, 1.165) is 35.3 Å². The van der Waals surface area contributed by atoms with Crippen LogP contribution < -0.4 is 9.47 Å². The lowest BCUT2D eigenvalue weighted by Gasteiger charge is -2.27. The lowest BCUT2D eigenvalue weighted by Crippen LogP contribution is -2.31. The Hall–Kier alpha value is -3.02. The zero-order valence-electron chi connectivity index (χ0n) is 16.4. The molecule has 3 rings (SSSR count). The van der Waals surface area contributed by atoms with Crippen molar-refractivity contribution in [2.75, 3.05) is 20.3 Å². The Kier molecular flexibility index (Phi) is 5.87. The first kappa shape index (κ1) is 19.7. The summed E-state index contributed by atoms with van der Waals surface area (Å²) in [7, 11) is 1.64. The van der Waals surface area contributed by atoms with Crippen molar-refractivity contribution in [2.45, 2.75) is 32.7 Å². The Bertz CT molecular complexity index is 869. The third kappa shape index (κ3) is 3.96. The zero-order valence-corrected chi connectivity index (χ0v) is 16.4. The van der Waals surface area contributed by atoms with Crippen LogP contribution in [0, 0.1) is 13.8 Å². The van der Waals surface area contributed by atoms with Gasteiger partial charge in [0.15, 0.2) is 6.61 Å². The van der Waals surface area contributed by atoms with Crippen molar-refractivity contribution < 1.29 is 24.2 Å². The molecule has 6 nitrogen and oxygen atoms in total. The standard InChI is InChI=1S/C22H25NO5/c1-14-11-16(12-15(2)21(14)28-13-20(24)25)22(26)23-10-6-8-18(23)17-7-4-5-9-19(17)27-3/h4-5,7,9,11-12,18H,6,8,10,13H2,1-3H3,(H,24,25). The van der Waals surface area contributed by atoms with Crippen molar-refractivity contribution in [3.05, 3.63) is 58.7 Å². The molecule has 1 unspecified atom stereocenters. The number of hydrogen-bond acceptors (Lipinski definition) is 4. The summed E-state index contributed by atoms with van der Waals surface area (Å²) in [6.07, 6.45) is 1.83. The van der Waals surface area contributed by atoms with Gasteiger partial charge in [-0.1, -0.05) is 18.2 Å². The van der Waals surface area contributed by atoms with Crippen LogP contribution in [0.15, 0.2) is 36.4 Å². The molecule has 0 bridgehead atoms. The van der Waals surface area contributed by atoms with E-state index in [1.807, 2.05) is 43.0 Å². The highest BCUT2D eigenvalue weighted by atomic mass is 16.5. The molecule has 2 aromatic rings. The number of amides is 1. The van der Waals surface area contributed by atoms with Crippen molar-refractivity contribution in [1.29, 1.82) is 0 Å². The average Bonchev–Trinajstić information content (AvgIpc) is 3.15. The molecule has 0 saturated carbocycles. The van der Waals surface area contributed by atoms with Gasteiger partial charge in [-0.3, -0.25) is 4.79 Å². The van der Waals surface area contributed by atoms with Gasteiger partial charge in [0.1, 0.15) is 11.5 Å². The summed E-state index contributed by atoms with van der Waals surface area (Å²) in [5.74, 6) is 0.235. The largest absolute Gasteiger partial charge is 0.496 e. The number of aliphatic carboxylic acids is 1. The van der Waals surface area contributed by atoms with E-state index < -0.39 is 12.6 Å². The highest BCUT2D eigenvalue weighted by Crippen LogP contribution is 2.38. The first-order chi connectivity index (χ1) is 13.4. The molecule has 148 valence electrons. The van der Waals surface area contributed by atoms with Crippen molar-refractivity contribution >= 4 is 11.9 Å². The third-order valence-corrected chi connectivity index (χ3v) is 5.06. The number of rotatable bonds is 6. The number of carbonyl (C=O) groups is 2. The highest BCUT2D eigenvalue weighted by molar-refractivity contribution is 5.95. The summed E-state index contributed by atoms with van der Waals surface area (Å²) in [4.78, 5) is 25.9. The maximum atomic E-state index is 13.3. The highest BCUT2D eigenvalue weighted by Gasteiger charge is 2.32. The lowest BCUT2D eigenvalue weighted by molar-refractivity contribution is -0.139. The second kappa shape index (κ2) is 8.33. The van der Waals surface area contributed by atoms with E-state index in [-0.39, 0.29) is 11.9 Å². The number of para-hydroxylation sites is 1. The van der Waals surface area contributed by atoms with Crippen molar-refractivity contribution in [2.24, 2.45) is 0 Å². The molecule has 0 aromatic heterocycles. The van der Waals surface area contributed by atoms with Gasteiger partial charge in [0.2, 0.25) is 0 Å². The predicted molar refractivity (Wildman–Crippen MR) is 105 cm³/mol. The minimum atomic E-state index is -1.03. The van der Waals surface area contributed by atoms with Gasteiger partial charge in [-0.2, -0.15) is 0 Å². The summed E-state index contributed by atoms with van der Waals surface area (Å²) in [6.45, 7) is 3.93. The summed E-state index contributed by atoms with van der Waals surface area (Å²) < 4.78 is 10.9. The molecule has 0 aliphatic carbocycles. The first-order valence-electron chi connectivity index (χ1n) is 9.32. The molecule has 0 radical (unpaired) electrons. The zero-order chi connectivity index (χ0) is 20.3. The number of aryl methyl sites for hydroxylation is 2. The quantitative estimate of drug-likeness (QED) is 0.822. The molecule has 1 atom stereocenters. The summed E-state index contributed by atoms with van der Waals surface area (Å²) >= 11 is 0. The van der Waals surface area contributed by atoms with Gasteiger partial charge >= 0.3 is 5.97 Å². The SMILES string of the molecule is COc1ccccc1C1CCCN1C(=O)c1cc(C)c(OCC(=O)O)c(C)c1. The Morgan fingerprint density at radius 3 is 2.50 bits per heavy atom. The molecular weight excluding hydrogens is 358 g/mol. The number of carboxylic acid groups (broad SMARTS) is 1. The Morgan fingerprint density at radius 2 is 1.86 bits per heavy atom. The van der Waals surface area contributed by atoms with Gasteiger partial charge in [0.25, 0.3) is 5.91 Å². The molecule has 2 aromatic carbocycles. The summed E-state index contributed by atoms with van der Waals surface area (Å²) in [6, 6.07) is 11.3. The topological polar surface area (TPSA) is 76.1 Å². The van der Waals surface area contributed by atoms with Crippen LogP contribution in [0.5, 0.6) is 11.5 Å². The molecule has 28 heavy (non-hydrogen) atoms. The van der Waals surface area contributed by atoms with E-state index in [2.05, 4.69) is 0 Å². The van der Waals surface area contributed by atoms with Crippen LogP contribution in [0.25, 0.3) is 0 Å². The molecule has 1 aliphatic rings. The minimum Gasteiger partial charge on any atom is -0.496 e. The fraction of sp³-hybridized carbons (Fsp3) is 0.364. The van der Waals surface area contributed by atoms with Crippen molar-refractivity contribution in [3.63, 3.8) is 0 Å². The number of benzene rings is 2. The molecule has 0 spiro atoms. The smallest absolute Gasteiger partial charge is 0.341 e. The van der Waals surface area contributed by atoms with E-state index in [0.29, 0.717) is 17.9 Å². The van der Waals surface area contributed by atoms with Gasteiger partial charge < -0.3 is 19.5 Å². The van der Waals surface area contributed by atoms with Crippen molar-refractivity contribution in [3.8, 4) is 11.5 Å². The first-order valence-corrected chi connectivity index (χ1v) is 9.32. The number of carbonyl (C=O) groups excluding carboxylic acids is 1. The van der Waals surface area contributed by atoms with Crippen LogP contribution in [-0.4, -0.2) is 42.1 Å². The van der Waals surface area contributed by atoms with Crippen LogP contribution in [0.3, 0.4) is 0 Å². The van der Waals surface area contributed by atoms with Crippen LogP contribution in [0.4, 0.5) is 0 Å². The van der Waals surface area contributed by atoms with E-state index in [1.165, 1.54) is 0 Å². The van der Waals surface area contributed by atoms with E-state index >= 15 is 0 Å². The van der Waals surface area contributed by atoms with Crippen LogP contribution in [0.1, 0.15) is 45.9 Å². The third-order valence-electron chi connectivity index (χ3n) is 5.06. The predicted octanol–water partition coefficient (Wildman–Crippen LogP) is 3.75. The van der Waals surface area contributed by atoms with E-state index in [1.54, 1.807) is 19.2 Å². The number of ether oxygens (including phenoxy) is 2. The van der Waals surface area contributed by atoms with E-state index in [4.69, 9.17) is 14.6 Å². The van der Waals surface area contributed by atoms with Crippen molar-refractivity contribution in [1.82, 2.24) is 4.90 Å². The number of carboxylic acids is 1. The van der Waals surface area contributed by atoms with Gasteiger partial charge in [0, 0.05) is 17.7 Å². The van der Waals surface area contributed by atoms with E-state index in [9.17, 15) is 9.59 Å². The molecule has 1 aliphatic heterocycles. The van der Waals surface area contributed by atoms with Crippen LogP contribution >= 0.6 is 0 Å². The normalized spacial score (nSPS) is 16.1. The molecular formula is C22H25NO5. The molecule has 6 heteroatoms. The minimum absolute atomic E-state index is 0.0211. The summed E-state index contributed by atoms with van der Waals surface area (Å²) in [5, 5.41) is 8.83. The Labute approximate surface area is 164 Å². The molecule has 1 saturated heterocycles. The number of likely N-dealkylation sites (tertiary alicyclic amines) is 1. The molecule has 1 heterocycles. The Balaban J connectivity index is 1.87. The average molecular weight is 383 g/mol. The number of hydrogen-bond donors (Lipinski definition) is 1. The maximum absolute atomic E-state index is 13.3. The number of nitrogens with zero attached hydrogens (tertiary/aromatic N) is 1. The fourth-order valence-corrected chi connectivity index (χ4v) is 3.88. The molecule has 1 amide bonds. The molecule has 1 N–H and O–H groups in total. The van der Waals surface area contributed by atoms with Crippen LogP contribution in [0.2, 0.25) is 0 Å². The summed E-state index contributed by atoms with van der Waals surface area (Å²) in [5.41, 5.74) is 3.10. The van der Waals surface area contributed by atoms with Gasteiger partial charge in [-0.15, -0.1) is 0 Å². The lowest BCUT2D eigenvalue weighted by atomic mass is 10.0. The van der Waals surface area contributed by atoms with Gasteiger partial charge in [0.05, 0.1) is 13.2 Å². The second-order valence-corrected chi connectivity index (χ2v) is 7.02. The maximum Gasteiger partial charge on any atom is 0.341 e. The number of methoxy groups -OCH3 is 1. The fourth-order valence-electron chi connectivity index (χ4n) is 3.88. The molecule has 1 fully saturated rings. The monoisotopic (exact) mass is 383 g/mol. The van der Waals surface area contributed by atoms with Crippen LogP contribution in [-0.2, 0) is 4.79 Å². The van der Waals surface area contributed by atoms with Gasteiger partial charge in [-0.25, -0.2) is 4.79 Å². The second-order valence-electron chi connectivity index (χ2n) is 7.02. The Morgan fingerprint density at radius 1 is 1.18 bits per heavy atom. The van der Waals surface area contributed by atoms with Gasteiger partial charge in [-0.05, 0) is 56.0 Å².